The van der Waals surface area contributed by atoms with Crippen LogP contribution < -0.4 is 10.1 Å². The molecule has 1 aromatic carbocycles. The van der Waals surface area contributed by atoms with Crippen LogP contribution in [0.4, 0.5) is 0 Å². The lowest BCUT2D eigenvalue weighted by atomic mass is 10.1. The zero-order chi connectivity index (χ0) is 13.1. The van der Waals surface area contributed by atoms with Gasteiger partial charge in [-0.3, -0.25) is 0 Å². The van der Waals surface area contributed by atoms with Gasteiger partial charge in [0.15, 0.2) is 0 Å². The van der Waals surface area contributed by atoms with Gasteiger partial charge >= 0.3 is 0 Å². The summed E-state index contributed by atoms with van der Waals surface area (Å²) in [6.07, 6.45) is 0.123. The Balaban J connectivity index is 1.90. The summed E-state index contributed by atoms with van der Waals surface area (Å²) in [7, 11) is 0. The second-order valence-corrected chi connectivity index (χ2v) is 5.32. The van der Waals surface area contributed by atoms with Gasteiger partial charge in [-0.2, -0.15) is 0 Å². The van der Waals surface area contributed by atoms with Crippen LogP contribution in [-0.4, -0.2) is 31.9 Å². The first-order valence-corrected chi connectivity index (χ1v) is 6.68. The molecule has 1 N–H and O–H groups in total. The molecule has 1 fully saturated rings. The molecule has 4 heteroatoms. The number of hydrogen-bond acceptors (Lipinski definition) is 3. The van der Waals surface area contributed by atoms with E-state index in [-0.39, 0.29) is 6.10 Å². The molecule has 0 saturated carbocycles. The summed E-state index contributed by atoms with van der Waals surface area (Å²) in [4.78, 5) is 0. The molecular weight excluding hydrogens is 250 g/mol. The predicted molar refractivity (Wildman–Crippen MR) is 73.6 cm³/mol. The topological polar surface area (TPSA) is 30.5 Å². The lowest BCUT2D eigenvalue weighted by Gasteiger charge is -2.28. The Kier molecular flexibility index (Phi) is 4.49. The van der Waals surface area contributed by atoms with E-state index in [1.165, 1.54) is 0 Å². The van der Waals surface area contributed by atoms with Crippen LogP contribution in [0.2, 0.25) is 5.02 Å². The molecule has 2 unspecified atom stereocenters. The average Bonchev–Trinajstić information content (AvgIpc) is 2.35. The van der Waals surface area contributed by atoms with E-state index in [1.54, 1.807) is 0 Å². The SMILES string of the molecule is Cc1cc(OCC2CNC(C)CO2)cc(C)c1Cl. The first-order chi connectivity index (χ1) is 8.56. The van der Waals surface area contributed by atoms with E-state index in [1.807, 2.05) is 26.0 Å². The van der Waals surface area contributed by atoms with Crippen LogP contribution in [0.15, 0.2) is 12.1 Å². The zero-order valence-electron chi connectivity index (χ0n) is 11.1. The normalized spacial score (nSPS) is 24.0. The van der Waals surface area contributed by atoms with Crippen molar-refractivity contribution >= 4 is 11.6 Å². The Bertz CT molecular complexity index is 391. The number of benzene rings is 1. The van der Waals surface area contributed by atoms with Crippen molar-refractivity contribution in [1.29, 1.82) is 0 Å². The number of rotatable bonds is 3. The van der Waals surface area contributed by atoms with Gasteiger partial charge in [-0.05, 0) is 44.0 Å². The summed E-state index contributed by atoms with van der Waals surface area (Å²) in [5.74, 6) is 0.858. The molecule has 0 bridgehead atoms. The van der Waals surface area contributed by atoms with E-state index >= 15 is 0 Å². The Labute approximate surface area is 113 Å². The highest BCUT2D eigenvalue weighted by atomic mass is 35.5. The Morgan fingerprint density at radius 3 is 2.61 bits per heavy atom. The highest BCUT2D eigenvalue weighted by Gasteiger charge is 2.18. The van der Waals surface area contributed by atoms with Crippen LogP contribution in [0.5, 0.6) is 5.75 Å². The summed E-state index contributed by atoms with van der Waals surface area (Å²) in [6.45, 7) is 8.24. The molecule has 0 spiro atoms. The molecule has 1 heterocycles. The molecular formula is C14H20ClNO2. The predicted octanol–water partition coefficient (Wildman–Crippen LogP) is 2.71. The Morgan fingerprint density at radius 1 is 1.39 bits per heavy atom. The van der Waals surface area contributed by atoms with Crippen LogP contribution in [0.25, 0.3) is 0 Å². The molecule has 0 amide bonds. The summed E-state index contributed by atoms with van der Waals surface area (Å²) < 4.78 is 11.5. The van der Waals surface area contributed by atoms with Crippen LogP contribution >= 0.6 is 11.6 Å². The van der Waals surface area contributed by atoms with Crippen LogP contribution in [0.1, 0.15) is 18.1 Å². The van der Waals surface area contributed by atoms with Crippen molar-refractivity contribution in [2.24, 2.45) is 0 Å². The van der Waals surface area contributed by atoms with Gasteiger partial charge in [0.05, 0.1) is 6.61 Å². The molecule has 2 rings (SSSR count). The van der Waals surface area contributed by atoms with Crippen LogP contribution in [-0.2, 0) is 4.74 Å². The van der Waals surface area contributed by atoms with Gasteiger partial charge in [0, 0.05) is 17.6 Å². The van der Waals surface area contributed by atoms with E-state index in [9.17, 15) is 0 Å². The fraction of sp³-hybridized carbons (Fsp3) is 0.571. The van der Waals surface area contributed by atoms with Gasteiger partial charge in [0.1, 0.15) is 18.5 Å². The van der Waals surface area contributed by atoms with Gasteiger partial charge in [-0.1, -0.05) is 11.6 Å². The minimum atomic E-state index is 0.123. The van der Waals surface area contributed by atoms with Crippen molar-refractivity contribution in [1.82, 2.24) is 5.32 Å². The molecule has 2 atom stereocenters. The monoisotopic (exact) mass is 269 g/mol. The van der Waals surface area contributed by atoms with Crippen molar-refractivity contribution in [2.45, 2.75) is 32.9 Å². The molecule has 3 nitrogen and oxygen atoms in total. The standard InChI is InChI=1S/C14H20ClNO2/c1-9-4-12(5-10(2)14(9)15)18-8-13-6-16-11(3)7-17-13/h4-5,11,13,16H,6-8H2,1-3H3. The summed E-state index contributed by atoms with van der Waals surface area (Å²) in [6, 6.07) is 4.36. The molecule has 1 aliphatic rings. The van der Waals surface area contributed by atoms with Crippen molar-refractivity contribution in [3.05, 3.63) is 28.3 Å². The molecule has 0 aliphatic carbocycles. The number of nitrogens with one attached hydrogen (secondary N) is 1. The lowest BCUT2D eigenvalue weighted by Crippen LogP contribution is -2.46. The van der Waals surface area contributed by atoms with Gasteiger partial charge in [-0.25, -0.2) is 0 Å². The summed E-state index contributed by atoms with van der Waals surface area (Å²) >= 11 is 6.12. The molecule has 0 aromatic heterocycles. The number of hydrogen-bond donors (Lipinski definition) is 1. The third-order valence-corrected chi connectivity index (χ3v) is 3.72. The first-order valence-electron chi connectivity index (χ1n) is 6.31. The molecule has 1 saturated heterocycles. The Hall–Kier alpha value is -0.770. The third-order valence-electron chi connectivity index (χ3n) is 3.12. The van der Waals surface area contributed by atoms with Crippen LogP contribution in [0, 0.1) is 13.8 Å². The van der Waals surface area contributed by atoms with E-state index in [2.05, 4.69) is 12.2 Å². The van der Waals surface area contributed by atoms with Crippen molar-refractivity contribution in [3.63, 3.8) is 0 Å². The highest BCUT2D eigenvalue weighted by molar-refractivity contribution is 6.32. The average molecular weight is 270 g/mol. The van der Waals surface area contributed by atoms with Gasteiger partial charge in [0.25, 0.3) is 0 Å². The second kappa shape index (κ2) is 5.91. The number of ether oxygens (including phenoxy) is 2. The second-order valence-electron chi connectivity index (χ2n) is 4.95. The maximum atomic E-state index is 6.12. The van der Waals surface area contributed by atoms with Crippen LogP contribution in [0.3, 0.4) is 0 Å². The minimum Gasteiger partial charge on any atom is -0.491 e. The molecule has 0 radical (unpaired) electrons. The minimum absolute atomic E-state index is 0.123. The highest BCUT2D eigenvalue weighted by Crippen LogP contribution is 2.26. The lowest BCUT2D eigenvalue weighted by molar-refractivity contribution is -0.0165. The number of halogens is 1. The number of aryl methyl sites for hydroxylation is 2. The third kappa shape index (κ3) is 3.37. The summed E-state index contributed by atoms with van der Waals surface area (Å²) in [5.41, 5.74) is 2.09. The Morgan fingerprint density at radius 2 is 2.06 bits per heavy atom. The van der Waals surface area contributed by atoms with Crippen molar-refractivity contribution in [3.8, 4) is 5.75 Å². The van der Waals surface area contributed by atoms with E-state index in [4.69, 9.17) is 21.1 Å². The maximum Gasteiger partial charge on any atom is 0.120 e. The molecule has 1 aromatic rings. The van der Waals surface area contributed by atoms with Gasteiger partial charge in [0.2, 0.25) is 0 Å². The summed E-state index contributed by atoms with van der Waals surface area (Å²) in [5, 5.41) is 4.19. The molecule has 18 heavy (non-hydrogen) atoms. The fourth-order valence-electron chi connectivity index (χ4n) is 2.02. The maximum absolute atomic E-state index is 6.12. The first kappa shape index (κ1) is 13.7. The quantitative estimate of drug-likeness (QED) is 0.915. The molecule has 100 valence electrons. The van der Waals surface area contributed by atoms with E-state index < -0.39 is 0 Å². The van der Waals surface area contributed by atoms with Gasteiger partial charge < -0.3 is 14.8 Å². The van der Waals surface area contributed by atoms with E-state index in [0.717, 1.165) is 35.1 Å². The smallest absolute Gasteiger partial charge is 0.120 e. The largest absolute Gasteiger partial charge is 0.491 e. The van der Waals surface area contributed by atoms with Crippen molar-refractivity contribution < 1.29 is 9.47 Å². The fourth-order valence-corrected chi connectivity index (χ4v) is 2.13. The molecule has 1 aliphatic heterocycles. The zero-order valence-corrected chi connectivity index (χ0v) is 11.9. The van der Waals surface area contributed by atoms with Crippen molar-refractivity contribution in [2.75, 3.05) is 19.8 Å². The van der Waals surface area contributed by atoms with E-state index in [0.29, 0.717) is 12.6 Å². The number of morpholine rings is 1. The van der Waals surface area contributed by atoms with Gasteiger partial charge in [-0.15, -0.1) is 0 Å².